The summed E-state index contributed by atoms with van der Waals surface area (Å²) in [4.78, 5) is 0. The van der Waals surface area contributed by atoms with Crippen LogP contribution >= 0.6 is 0 Å². The van der Waals surface area contributed by atoms with Crippen LogP contribution in [-0.4, -0.2) is 32.9 Å². The van der Waals surface area contributed by atoms with Gasteiger partial charge in [-0.05, 0) is 18.2 Å². The Balaban J connectivity index is 3.07. The summed E-state index contributed by atoms with van der Waals surface area (Å²) >= 11 is 0. The average Bonchev–Trinajstić information content (AvgIpc) is 2.29. The first-order valence-corrected chi connectivity index (χ1v) is 7.10. The molecule has 0 aliphatic heterocycles. The summed E-state index contributed by atoms with van der Waals surface area (Å²) in [5.74, 6) is 0.430. The Hall–Kier alpha value is -1.47. The van der Waals surface area contributed by atoms with E-state index in [1.165, 1.54) is 17.5 Å². The van der Waals surface area contributed by atoms with Crippen LogP contribution in [0.25, 0.3) is 0 Å². The lowest BCUT2D eigenvalue weighted by Crippen LogP contribution is -2.35. The van der Waals surface area contributed by atoms with E-state index in [9.17, 15) is 8.42 Å². The van der Waals surface area contributed by atoms with Gasteiger partial charge < -0.3 is 10.5 Å². The smallest absolute Gasteiger partial charge is 0.301 e. The molecule has 0 bridgehead atoms. The first-order valence-electron chi connectivity index (χ1n) is 5.66. The van der Waals surface area contributed by atoms with Gasteiger partial charge in [0.15, 0.2) is 0 Å². The molecule has 0 heterocycles. The summed E-state index contributed by atoms with van der Waals surface area (Å²) in [7, 11) is -2.10. The number of nitrogens with zero attached hydrogens (tertiary/aromatic N) is 1. The molecule has 1 aromatic carbocycles. The third-order valence-corrected chi connectivity index (χ3v) is 4.18. The predicted octanol–water partition coefficient (Wildman–Crippen LogP) is 1.28. The highest BCUT2D eigenvalue weighted by Crippen LogP contribution is 2.27. The summed E-state index contributed by atoms with van der Waals surface area (Å²) in [5, 5.41) is 0. The standard InChI is InChI=1S/C11H19N3O3S/c1-4-14(5-2)18(15,16)13-10-8-9(12)6-7-11(10)17-3/h6-8,13H,4-5,12H2,1-3H3. The van der Waals surface area contributed by atoms with E-state index in [2.05, 4.69) is 4.72 Å². The van der Waals surface area contributed by atoms with Gasteiger partial charge in [-0.3, -0.25) is 4.72 Å². The van der Waals surface area contributed by atoms with Gasteiger partial charge in [0.2, 0.25) is 0 Å². The van der Waals surface area contributed by atoms with Crippen LogP contribution in [-0.2, 0) is 10.2 Å². The fraction of sp³-hybridized carbons (Fsp3) is 0.455. The quantitative estimate of drug-likeness (QED) is 0.765. The van der Waals surface area contributed by atoms with Crippen LogP contribution in [0.1, 0.15) is 13.8 Å². The summed E-state index contributed by atoms with van der Waals surface area (Å²) in [5.41, 5.74) is 6.44. The number of rotatable bonds is 6. The molecule has 7 heteroatoms. The number of anilines is 2. The maximum atomic E-state index is 12.1. The number of nitrogens with two attached hydrogens (primary N) is 1. The van der Waals surface area contributed by atoms with Gasteiger partial charge in [0, 0.05) is 18.8 Å². The molecule has 0 saturated carbocycles. The lowest BCUT2D eigenvalue weighted by Gasteiger charge is -2.20. The van der Waals surface area contributed by atoms with E-state index in [0.717, 1.165) is 0 Å². The number of nitrogen functional groups attached to an aromatic ring is 1. The minimum atomic E-state index is -3.58. The number of nitrogens with one attached hydrogen (secondary N) is 1. The van der Waals surface area contributed by atoms with Crippen molar-refractivity contribution in [3.8, 4) is 5.75 Å². The van der Waals surface area contributed by atoms with E-state index in [4.69, 9.17) is 10.5 Å². The minimum Gasteiger partial charge on any atom is -0.495 e. The van der Waals surface area contributed by atoms with E-state index in [1.807, 2.05) is 0 Å². The van der Waals surface area contributed by atoms with Crippen molar-refractivity contribution in [2.75, 3.05) is 30.7 Å². The number of ether oxygens (including phenoxy) is 1. The molecular formula is C11H19N3O3S. The van der Waals surface area contributed by atoms with E-state index in [1.54, 1.807) is 26.0 Å². The van der Waals surface area contributed by atoms with Crippen LogP contribution in [0.4, 0.5) is 11.4 Å². The maximum Gasteiger partial charge on any atom is 0.301 e. The molecule has 0 unspecified atom stereocenters. The lowest BCUT2D eigenvalue weighted by molar-refractivity contribution is 0.416. The van der Waals surface area contributed by atoms with E-state index in [0.29, 0.717) is 30.2 Å². The van der Waals surface area contributed by atoms with Gasteiger partial charge in [-0.25, -0.2) is 0 Å². The van der Waals surface area contributed by atoms with Gasteiger partial charge in [0.25, 0.3) is 0 Å². The van der Waals surface area contributed by atoms with E-state index < -0.39 is 10.2 Å². The Kier molecular flexibility index (Phi) is 4.80. The van der Waals surface area contributed by atoms with Crippen LogP contribution in [0, 0.1) is 0 Å². The van der Waals surface area contributed by atoms with Crippen molar-refractivity contribution in [3.63, 3.8) is 0 Å². The third-order valence-electron chi connectivity index (χ3n) is 2.51. The zero-order valence-corrected chi connectivity index (χ0v) is 11.6. The summed E-state index contributed by atoms with van der Waals surface area (Å²) < 4.78 is 33.0. The number of hydrogen-bond donors (Lipinski definition) is 2. The Bertz CT molecular complexity index is 498. The predicted molar refractivity (Wildman–Crippen MR) is 72.9 cm³/mol. The van der Waals surface area contributed by atoms with E-state index in [-0.39, 0.29) is 0 Å². The van der Waals surface area contributed by atoms with Crippen molar-refractivity contribution in [1.29, 1.82) is 0 Å². The van der Waals surface area contributed by atoms with Gasteiger partial charge in [-0.1, -0.05) is 13.8 Å². The molecule has 0 radical (unpaired) electrons. The lowest BCUT2D eigenvalue weighted by atomic mass is 10.2. The largest absolute Gasteiger partial charge is 0.495 e. The second-order valence-electron chi connectivity index (χ2n) is 3.65. The zero-order valence-electron chi connectivity index (χ0n) is 10.8. The van der Waals surface area contributed by atoms with Crippen molar-refractivity contribution in [1.82, 2.24) is 4.31 Å². The van der Waals surface area contributed by atoms with Gasteiger partial charge >= 0.3 is 10.2 Å². The normalized spacial score (nSPS) is 11.6. The number of benzene rings is 1. The molecule has 0 spiro atoms. The Morgan fingerprint density at radius 1 is 1.33 bits per heavy atom. The van der Waals surface area contributed by atoms with Crippen molar-refractivity contribution in [2.45, 2.75) is 13.8 Å². The number of methoxy groups -OCH3 is 1. The number of hydrogen-bond acceptors (Lipinski definition) is 4. The molecule has 0 aliphatic carbocycles. The molecule has 0 saturated heterocycles. The molecule has 18 heavy (non-hydrogen) atoms. The fourth-order valence-corrected chi connectivity index (χ4v) is 2.82. The SMILES string of the molecule is CCN(CC)S(=O)(=O)Nc1cc(N)ccc1OC. The Morgan fingerprint density at radius 3 is 2.44 bits per heavy atom. The molecule has 0 aromatic heterocycles. The van der Waals surface area contributed by atoms with Gasteiger partial charge in [0.1, 0.15) is 5.75 Å². The van der Waals surface area contributed by atoms with Gasteiger partial charge in [-0.2, -0.15) is 12.7 Å². The van der Waals surface area contributed by atoms with Crippen molar-refractivity contribution in [2.24, 2.45) is 0 Å². The monoisotopic (exact) mass is 273 g/mol. The van der Waals surface area contributed by atoms with Crippen molar-refractivity contribution < 1.29 is 13.2 Å². The van der Waals surface area contributed by atoms with Crippen LogP contribution < -0.4 is 15.2 Å². The first-order chi connectivity index (χ1) is 8.44. The first kappa shape index (κ1) is 14.6. The summed E-state index contributed by atoms with van der Waals surface area (Å²) in [6.07, 6.45) is 0. The van der Waals surface area contributed by atoms with Crippen LogP contribution in [0.5, 0.6) is 5.75 Å². The summed E-state index contributed by atoms with van der Waals surface area (Å²) in [6.45, 7) is 4.35. The molecule has 0 amide bonds. The fourth-order valence-electron chi connectivity index (χ4n) is 1.57. The van der Waals surface area contributed by atoms with Crippen LogP contribution in [0.2, 0.25) is 0 Å². The van der Waals surface area contributed by atoms with Crippen LogP contribution in [0.15, 0.2) is 18.2 Å². The molecule has 0 aliphatic rings. The highest BCUT2D eigenvalue weighted by molar-refractivity contribution is 7.90. The Labute approximate surface area is 108 Å². The topological polar surface area (TPSA) is 84.7 Å². The van der Waals surface area contributed by atoms with Crippen LogP contribution in [0.3, 0.4) is 0 Å². The molecule has 0 atom stereocenters. The average molecular weight is 273 g/mol. The highest BCUT2D eigenvalue weighted by atomic mass is 32.2. The van der Waals surface area contributed by atoms with Crippen molar-refractivity contribution >= 4 is 21.6 Å². The van der Waals surface area contributed by atoms with Crippen molar-refractivity contribution in [3.05, 3.63) is 18.2 Å². The van der Waals surface area contributed by atoms with Gasteiger partial charge in [0.05, 0.1) is 12.8 Å². The molecule has 1 aromatic rings. The van der Waals surface area contributed by atoms with Gasteiger partial charge in [-0.15, -0.1) is 0 Å². The molecule has 0 fully saturated rings. The second-order valence-corrected chi connectivity index (χ2v) is 5.32. The summed E-state index contributed by atoms with van der Waals surface area (Å²) in [6, 6.07) is 4.79. The second kappa shape index (κ2) is 5.92. The maximum absolute atomic E-state index is 12.1. The third kappa shape index (κ3) is 3.27. The zero-order chi connectivity index (χ0) is 13.8. The molecule has 6 nitrogen and oxygen atoms in total. The molecular weight excluding hydrogens is 254 g/mol. The molecule has 1 rings (SSSR count). The van der Waals surface area contributed by atoms with E-state index >= 15 is 0 Å². The molecule has 3 N–H and O–H groups in total. The Morgan fingerprint density at radius 2 is 1.94 bits per heavy atom. The molecule has 102 valence electrons. The minimum absolute atomic E-state index is 0.337. The highest BCUT2D eigenvalue weighted by Gasteiger charge is 2.20.